The second-order valence-electron chi connectivity index (χ2n) is 7.94. The van der Waals surface area contributed by atoms with Crippen LogP contribution in [0, 0.1) is 0 Å². The minimum absolute atomic E-state index is 0.203. The number of carbonyl (C=O) groups excluding carboxylic acids is 1. The van der Waals surface area contributed by atoms with E-state index in [1.165, 1.54) is 16.8 Å². The highest BCUT2D eigenvalue weighted by Gasteiger charge is 2.10. The van der Waals surface area contributed by atoms with Gasteiger partial charge in [-0.1, -0.05) is 48.5 Å². The zero-order valence-corrected chi connectivity index (χ0v) is 19.1. The number of hydrogen-bond donors (Lipinski definition) is 2. The average molecular weight is 462 g/mol. The summed E-state index contributed by atoms with van der Waals surface area (Å²) in [4.78, 5) is 16.3. The lowest BCUT2D eigenvalue weighted by Crippen LogP contribution is -2.15. The standard InChI is InChI=1S/C26H27N3O3S/c27-26(31)23-16-29(18-28-23)15-22(30)7-3-6-20-5-1-2-8-24(20)32-17-19-10-12-21(13-11-19)25-9-4-14-33-25/h1-2,4-5,8-14,16,18,22,30H,3,6-7,15,17H2,(H2,27,31)/t22-/m0/s1. The molecule has 0 unspecified atom stereocenters. The topological polar surface area (TPSA) is 90.4 Å². The zero-order chi connectivity index (χ0) is 23.0. The van der Waals surface area contributed by atoms with Crippen molar-refractivity contribution in [3.8, 4) is 16.2 Å². The third kappa shape index (κ3) is 6.31. The van der Waals surface area contributed by atoms with Crippen LogP contribution in [-0.2, 0) is 19.6 Å². The van der Waals surface area contributed by atoms with E-state index in [0.29, 0.717) is 19.6 Å². The Kier molecular flexibility index (Phi) is 7.55. The van der Waals surface area contributed by atoms with Crippen LogP contribution in [0.1, 0.15) is 34.5 Å². The van der Waals surface area contributed by atoms with E-state index in [9.17, 15) is 9.90 Å². The van der Waals surface area contributed by atoms with Crippen LogP contribution in [0.15, 0.2) is 78.6 Å². The lowest BCUT2D eigenvalue weighted by molar-refractivity contribution is 0.0995. The first kappa shape index (κ1) is 22.8. The number of para-hydroxylation sites is 1. The number of thiophene rings is 1. The molecule has 0 fully saturated rings. The smallest absolute Gasteiger partial charge is 0.268 e. The molecule has 2 aromatic heterocycles. The summed E-state index contributed by atoms with van der Waals surface area (Å²) >= 11 is 1.73. The number of aliphatic hydroxyl groups is 1. The van der Waals surface area contributed by atoms with E-state index in [0.717, 1.165) is 29.7 Å². The van der Waals surface area contributed by atoms with Crippen molar-refractivity contribution >= 4 is 17.2 Å². The second kappa shape index (κ2) is 10.9. The largest absolute Gasteiger partial charge is 0.489 e. The van der Waals surface area contributed by atoms with Crippen LogP contribution in [0.4, 0.5) is 0 Å². The van der Waals surface area contributed by atoms with Crippen molar-refractivity contribution in [2.75, 3.05) is 0 Å². The van der Waals surface area contributed by atoms with Crippen LogP contribution < -0.4 is 10.5 Å². The van der Waals surface area contributed by atoms with Crippen LogP contribution in [0.3, 0.4) is 0 Å². The van der Waals surface area contributed by atoms with E-state index >= 15 is 0 Å². The number of ether oxygens (including phenoxy) is 1. The number of nitrogens with two attached hydrogens (primary N) is 1. The summed E-state index contributed by atoms with van der Waals surface area (Å²) < 4.78 is 7.80. The molecule has 2 aromatic carbocycles. The van der Waals surface area contributed by atoms with Gasteiger partial charge in [-0.25, -0.2) is 4.98 Å². The van der Waals surface area contributed by atoms with E-state index in [1.807, 2.05) is 18.2 Å². The first-order valence-corrected chi connectivity index (χ1v) is 11.8. The summed E-state index contributed by atoms with van der Waals surface area (Å²) in [7, 11) is 0. The Morgan fingerprint density at radius 3 is 2.67 bits per heavy atom. The highest BCUT2D eigenvalue weighted by Crippen LogP contribution is 2.26. The molecule has 0 aliphatic heterocycles. The number of primary amides is 1. The number of imidazole rings is 1. The molecule has 0 radical (unpaired) electrons. The third-order valence-corrected chi connectivity index (χ3v) is 6.34. The molecular weight excluding hydrogens is 434 g/mol. The maximum atomic E-state index is 11.1. The van der Waals surface area contributed by atoms with E-state index < -0.39 is 12.0 Å². The fraction of sp³-hybridized carbons (Fsp3) is 0.231. The predicted octanol–water partition coefficient (Wildman–Crippen LogP) is 4.67. The third-order valence-electron chi connectivity index (χ3n) is 5.42. The molecule has 4 aromatic rings. The van der Waals surface area contributed by atoms with E-state index in [1.54, 1.807) is 22.1 Å². The Morgan fingerprint density at radius 1 is 1.12 bits per heavy atom. The number of aromatic nitrogens is 2. The lowest BCUT2D eigenvalue weighted by Gasteiger charge is -2.14. The van der Waals surface area contributed by atoms with Gasteiger partial charge in [-0.05, 0) is 53.5 Å². The molecule has 2 heterocycles. The van der Waals surface area contributed by atoms with Gasteiger partial charge in [0.05, 0.1) is 12.4 Å². The molecule has 7 heteroatoms. The Morgan fingerprint density at radius 2 is 1.94 bits per heavy atom. The van der Waals surface area contributed by atoms with Gasteiger partial charge in [0, 0.05) is 17.6 Å². The highest BCUT2D eigenvalue weighted by atomic mass is 32.1. The number of aliphatic hydroxyl groups excluding tert-OH is 1. The van der Waals surface area contributed by atoms with Gasteiger partial charge in [-0.3, -0.25) is 4.79 Å². The molecule has 3 N–H and O–H groups in total. The van der Waals surface area contributed by atoms with Crippen LogP contribution in [-0.4, -0.2) is 26.7 Å². The Bertz CT molecular complexity index is 1170. The molecule has 0 bridgehead atoms. The SMILES string of the molecule is NC(=O)c1cn(C[C@@H](O)CCCc2ccccc2OCc2ccc(-c3cccs3)cc2)cn1. The molecule has 6 nitrogen and oxygen atoms in total. The van der Waals surface area contributed by atoms with Gasteiger partial charge in [-0.2, -0.15) is 0 Å². The summed E-state index contributed by atoms with van der Waals surface area (Å²) in [6, 6.07) is 20.7. The Hall–Kier alpha value is -3.42. The summed E-state index contributed by atoms with van der Waals surface area (Å²) in [6.07, 6.45) is 4.79. The molecule has 33 heavy (non-hydrogen) atoms. The number of nitrogens with zero attached hydrogens (tertiary/aromatic N) is 2. The normalized spacial score (nSPS) is 11.9. The van der Waals surface area contributed by atoms with Crippen molar-refractivity contribution in [1.82, 2.24) is 9.55 Å². The van der Waals surface area contributed by atoms with Crippen molar-refractivity contribution < 1.29 is 14.6 Å². The zero-order valence-electron chi connectivity index (χ0n) is 18.3. The predicted molar refractivity (Wildman–Crippen MR) is 130 cm³/mol. The first-order chi connectivity index (χ1) is 16.1. The molecule has 0 spiro atoms. The highest BCUT2D eigenvalue weighted by molar-refractivity contribution is 7.13. The molecule has 1 amide bonds. The van der Waals surface area contributed by atoms with Gasteiger partial charge in [0.25, 0.3) is 5.91 Å². The molecule has 4 rings (SSSR count). The molecule has 1 atom stereocenters. The first-order valence-electron chi connectivity index (χ1n) is 10.9. The maximum Gasteiger partial charge on any atom is 0.268 e. The second-order valence-corrected chi connectivity index (χ2v) is 8.88. The van der Waals surface area contributed by atoms with E-state index in [2.05, 4.69) is 52.8 Å². The van der Waals surface area contributed by atoms with Gasteiger partial charge >= 0.3 is 0 Å². The fourth-order valence-corrected chi connectivity index (χ4v) is 4.40. The number of hydrogen-bond acceptors (Lipinski definition) is 5. The van der Waals surface area contributed by atoms with Gasteiger partial charge < -0.3 is 20.1 Å². The van der Waals surface area contributed by atoms with Crippen LogP contribution >= 0.6 is 11.3 Å². The van der Waals surface area contributed by atoms with Gasteiger partial charge in [-0.15, -0.1) is 11.3 Å². The minimum Gasteiger partial charge on any atom is -0.489 e. The van der Waals surface area contributed by atoms with Crippen molar-refractivity contribution in [2.24, 2.45) is 5.73 Å². The summed E-state index contributed by atoms with van der Waals surface area (Å²) in [6.45, 7) is 0.882. The van der Waals surface area contributed by atoms with Gasteiger partial charge in [0.2, 0.25) is 0 Å². The fourth-order valence-electron chi connectivity index (χ4n) is 3.67. The van der Waals surface area contributed by atoms with Crippen LogP contribution in [0.5, 0.6) is 5.75 Å². The number of amides is 1. The molecule has 0 saturated carbocycles. The minimum atomic E-state index is -0.571. The number of carbonyl (C=O) groups is 1. The van der Waals surface area contributed by atoms with Gasteiger partial charge in [0.1, 0.15) is 18.1 Å². The molecule has 0 aliphatic rings. The van der Waals surface area contributed by atoms with Crippen molar-refractivity contribution in [3.63, 3.8) is 0 Å². The van der Waals surface area contributed by atoms with Crippen molar-refractivity contribution in [1.29, 1.82) is 0 Å². The molecule has 0 saturated heterocycles. The lowest BCUT2D eigenvalue weighted by atomic mass is 10.0. The number of rotatable bonds is 11. The number of aryl methyl sites for hydroxylation is 1. The van der Waals surface area contributed by atoms with E-state index in [4.69, 9.17) is 10.5 Å². The van der Waals surface area contributed by atoms with Crippen LogP contribution in [0.2, 0.25) is 0 Å². The summed E-state index contributed by atoms with van der Waals surface area (Å²) in [5.41, 5.74) is 8.88. The monoisotopic (exact) mass is 461 g/mol. The average Bonchev–Trinajstić information content (AvgIpc) is 3.51. The Labute approximate surface area is 197 Å². The van der Waals surface area contributed by atoms with Crippen molar-refractivity contribution in [2.45, 2.75) is 38.5 Å². The quantitative estimate of drug-likeness (QED) is 0.340. The van der Waals surface area contributed by atoms with Crippen LogP contribution in [0.25, 0.3) is 10.4 Å². The summed E-state index contributed by atoms with van der Waals surface area (Å²) in [5.74, 6) is 0.299. The number of benzene rings is 2. The maximum absolute atomic E-state index is 11.1. The molecule has 170 valence electrons. The molecular formula is C26H27N3O3S. The van der Waals surface area contributed by atoms with Gasteiger partial charge in [0.15, 0.2) is 0 Å². The Balaban J connectivity index is 1.27. The summed E-state index contributed by atoms with van der Waals surface area (Å²) in [5, 5.41) is 12.4. The van der Waals surface area contributed by atoms with E-state index in [-0.39, 0.29) is 5.69 Å². The molecule has 0 aliphatic carbocycles. The van der Waals surface area contributed by atoms with Crippen molar-refractivity contribution in [3.05, 3.63) is 95.4 Å².